The largest absolute Gasteiger partial charge is 0.325 e. The van der Waals surface area contributed by atoms with Crippen LogP contribution in [0.3, 0.4) is 0 Å². The molecule has 1 saturated heterocycles. The second-order valence-corrected chi connectivity index (χ2v) is 10.3. The minimum atomic E-state index is -3.84. The zero-order valence-corrected chi connectivity index (χ0v) is 18.5. The predicted molar refractivity (Wildman–Crippen MR) is 117 cm³/mol. The molecular formula is C21H24ClN3O4S. The Morgan fingerprint density at radius 1 is 1.13 bits per heavy atom. The van der Waals surface area contributed by atoms with Gasteiger partial charge in [-0.25, -0.2) is 13.1 Å². The predicted octanol–water partition coefficient (Wildman–Crippen LogP) is 3.41. The van der Waals surface area contributed by atoms with Crippen molar-refractivity contribution in [2.45, 2.75) is 37.6 Å². The van der Waals surface area contributed by atoms with Crippen molar-refractivity contribution in [3.05, 3.63) is 53.6 Å². The fourth-order valence-electron chi connectivity index (χ4n) is 3.27. The molecule has 3 rings (SSSR count). The molecule has 160 valence electrons. The highest BCUT2D eigenvalue weighted by atomic mass is 35.5. The highest BCUT2D eigenvalue weighted by Gasteiger charge is 2.36. The topological polar surface area (TPSA) is 95.6 Å². The second-order valence-electron chi connectivity index (χ2n) is 8.23. The fourth-order valence-corrected chi connectivity index (χ4v) is 5.04. The maximum Gasteiger partial charge on any atom is 0.243 e. The van der Waals surface area contributed by atoms with Crippen LogP contribution in [0, 0.1) is 5.92 Å². The smallest absolute Gasteiger partial charge is 0.243 e. The fraction of sp³-hybridized carbons (Fsp3) is 0.333. The van der Waals surface area contributed by atoms with Gasteiger partial charge >= 0.3 is 0 Å². The Balaban J connectivity index is 1.78. The lowest BCUT2D eigenvalue weighted by atomic mass is 10.1. The van der Waals surface area contributed by atoms with Crippen LogP contribution in [0.15, 0.2) is 53.4 Å². The molecule has 0 spiro atoms. The first-order valence-corrected chi connectivity index (χ1v) is 11.3. The number of rotatable bonds is 5. The van der Waals surface area contributed by atoms with E-state index in [-0.39, 0.29) is 29.5 Å². The number of anilines is 2. The molecule has 1 aliphatic heterocycles. The van der Waals surface area contributed by atoms with Crippen molar-refractivity contribution in [3.8, 4) is 0 Å². The van der Waals surface area contributed by atoms with Gasteiger partial charge in [-0.2, -0.15) is 0 Å². The third-order valence-corrected chi connectivity index (χ3v) is 6.54. The van der Waals surface area contributed by atoms with Gasteiger partial charge in [-0.1, -0.05) is 29.8 Å². The average Bonchev–Trinajstić information content (AvgIpc) is 3.02. The average molecular weight is 450 g/mol. The Bertz CT molecular complexity index is 1080. The zero-order valence-electron chi connectivity index (χ0n) is 17.0. The third kappa shape index (κ3) is 5.19. The Labute approximate surface area is 181 Å². The van der Waals surface area contributed by atoms with Gasteiger partial charge in [0.1, 0.15) is 4.90 Å². The summed E-state index contributed by atoms with van der Waals surface area (Å²) in [7, 11) is -3.84. The van der Waals surface area contributed by atoms with E-state index in [0.717, 1.165) is 0 Å². The molecule has 0 bridgehead atoms. The van der Waals surface area contributed by atoms with E-state index in [1.54, 1.807) is 57.2 Å². The molecule has 2 amide bonds. The Morgan fingerprint density at radius 3 is 2.50 bits per heavy atom. The van der Waals surface area contributed by atoms with Gasteiger partial charge in [-0.15, -0.1) is 0 Å². The lowest BCUT2D eigenvalue weighted by molar-refractivity contribution is -0.122. The van der Waals surface area contributed by atoms with Crippen LogP contribution in [0.25, 0.3) is 0 Å². The van der Waals surface area contributed by atoms with Crippen molar-refractivity contribution in [3.63, 3.8) is 0 Å². The van der Waals surface area contributed by atoms with Crippen LogP contribution >= 0.6 is 11.6 Å². The summed E-state index contributed by atoms with van der Waals surface area (Å²) in [5, 5.41) is 3.18. The Morgan fingerprint density at radius 2 is 1.83 bits per heavy atom. The molecule has 1 unspecified atom stereocenters. The van der Waals surface area contributed by atoms with Crippen LogP contribution in [0.1, 0.15) is 27.2 Å². The van der Waals surface area contributed by atoms with Crippen LogP contribution in [0.4, 0.5) is 11.4 Å². The molecule has 9 heteroatoms. The monoisotopic (exact) mass is 449 g/mol. The molecule has 30 heavy (non-hydrogen) atoms. The summed E-state index contributed by atoms with van der Waals surface area (Å²) in [6.45, 7) is 5.40. The van der Waals surface area contributed by atoms with E-state index in [1.807, 2.05) is 0 Å². The van der Waals surface area contributed by atoms with E-state index in [4.69, 9.17) is 11.6 Å². The van der Waals surface area contributed by atoms with Gasteiger partial charge in [0.05, 0.1) is 11.6 Å². The molecule has 0 radical (unpaired) electrons. The van der Waals surface area contributed by atoms with Crippen molar-refractivity contribution >= 4 is 44.8 Å². The molecule has 2 N–H and O–H groups in total. The van der Waals surface area contributed by atoms with E-state index >= 15 is 0 Å². The first-order chi connectivity index (χ1) is 14.0. The van der Waals surface area contributed by atoms with Crippen molar-refractivity contribution in [2.24, 2.45) is 5.92 Å². The van der Waals surface area contributed by atoms with E-state index in [2.05, 4.69) is 10.0 Å². The van der Waals surface area contributed by atoms with Crippen LogP contribution < -0.4 is 14.9 Å². The number of hydrogen-bond acceptors (Lipinski definition) is 4. The van der Waals surface area contributed by atoms with Crippen LogP contribution in [0.5, 0.6) is 0 Å². The summed E-state index contributed by atoms with van der Waals surface area (Å²) < 4.78 is 28.1. The molecule has 0 aliphatic carbocycles. The zero-order chi connectivity index (χ0) is 22.1. The lowest BCUT2D eigenvalue weighted by Crippen LogP contribution is -2.40. The highest BCUT2D eigenvalue weighted by Crippen LogP contribution is 2.29. The number of para-hydroxylation sites is 1. The SMILES string of the molecule is CC(C)(C)NS(=O)(=O)c1ccccc1NC(=O)C1CC(=O)N(c2cccc(Cl)c2)C1. The number of sulfonamides is 1. The Kier molecular flexibility index (Phi) is 6.21. The number of amides is 2. The number of benzene rings is 2. The number of carbonyl (C=O) groups excluding carboxylic acids is 2. The maximum atomic E-state index is 12.8. The minimum absolute atomic E-state index is 0.0238. The summed E-state index contributed by atoms with van der Waals surface area (Å²) >= 11 is 6.00. The van der Waals surface area contributed by atoms with Crippen molar-refractivity contribution in [2.75, 3.05) is 16.8 Å². The summed E-state index contributed by atoms with van der Waals surface area (Å²) in [6, 6.07) is 13.1. The second kappa shape index (κ2) is 8.37. The normalized spacial score (nSPS) is 17.3. The van der Waals surface area contributed by atoms with E-state index in [1.165, 1.54) is 17.0 Å². The molecule has 7 nitrogen and oxygen atoms in total. The van der Waals surface area contributed by atoms with Gasteiger partial charge in [-0.05, 0) is 51.1 Å². The Hall–Kier alpha value is -2.42. The van der Waals surface area contributed by atoms with Gasteiger partial charge in [-0.3, -0.25) is 9.59 Å². The highest BCUT2D eigenvalue weighted by molar-refractivity contribution is 7.89. The molecule has 1 heterocycles. The number of carbonyl (C=O) groups is 2. The lowest BCUT2D eigenvalue weighted by Gasteiger charge is -2.22. The number of hydrogen-bond donors (Lipinski definition) is 2. The molecule has 1 fully saturated rings. The van der Waals surface area contributed by atoms with Crippen LogP contribution in [0.2, 0.25) is 5.02 Å². The van der Waals surface area contributed by atoms with Gasteiger partial charge < -0.3 is 10.2 Å². The summed E-state index contributed by atoms with van der Waals surface area (Å²) in [5.41, 5.74) is 0.124. The number of nitrogens with zero attached hydrogens (tertiary/aromatic N) is 1. The molecule has 0 saturated carbocycles. The standard InChI is InChI=1S/C21H24ClN3O4S/c1-21(2,3)24-30(28,29)18-10-5-4-9-17(18)23-20(27)14-11-19(26)25(13-14)16-8-6-7-15(22)12-16/h4-10,12,14,24H,11,13H2,1-3H3,(H,23,27). The van der Waals surface area contributed by atoms with Crippen molar-refractivity contribution in [1.82, 2.24) is 4.72 Å². The number of halogens is 1. The molecule has 2 aromatic carbocycles. The molecule has 1 aliphatic rings. The molecular weight excluding hydrogens is 426 g/mol. The summed E-state index contributed by atoms with van der Waals surface area (Å²) in [5.74, 6) is -1.21. The minimum Gasteiger partial charge on any atom is -0.325 e. The third-order valence-electron chi connectivity index (χ3n) is 4.49. The maximum absolute atomic E-state index is 12.8. The first kappa shape index (κ1) is 22.3. The van der Waals surface area contributed by atoms with Gasteiger partial charge in [0.2, 0.25) is 21.8 Å². The van der Waals surface area contributed by atoms with Gasteiger partial charge in [0, 0.05) is 29.2 Å². The quantitative estimate of drug-likeness (QED) is 0.731. The molecule has 1 atom stereocenters. The number of nitrogens with one attached hydrogen (secondary N) is 2. The van der Waals surface area contributed by atoms with Crippen LogP contribution in [-0.2, 0) is 19.6 Å². The summed E-state index contributed by atoms with van der Waals surface area (Å²) in [4.78, 5) is 26.8. The van der Waals surface area contributed by atoms with E-state index in [0.29, 0.717) is 10.7 Å². The van der Waals surface area contributed by atoms with E-state index in [9.17, 15) is 18.0 Å². The van der Waals surface area contributed by atoms with Gasteiger partial charge in [0.15, 0.2) is 0 Å². The summed E-state index contributed by atoms with van der Waals surface area (Å²) in [6.07, 6.45) is 0.0352. The van der Waals surface area contributed by atoms with Crippen LogP contribution in [-0.4, -0.2) is 32.3 Å². The van der Waals surface area contributed by atoms with Gasteiger partial charge in [0.25, 0.3) is 0 Å². The molecule has 0 aromatic heterocycles. The van der Waals surface area contributed by atoms with E-state index < -0.39 is 27.4 Å². The first-order valence-electron chi connectivity index (χ1n) is 9.46. The van der Waals surface area contributed by atoms with Crippen molar-refractivity contribution in [1.29, 1.82) is 0 Å². The van der Waals surface area contributed by atoms with Crippen molar-refractivity contribution < 1.29 is 18.0 Å². The molecule has 2 aromatic rings.